The Bertz CT molecular complexity index is 2350. The molecule has 4 fully saturated rings. The van der Waals surface area contributed by atoms with Crippen LogP contribution >= 0.6 is 23.2 Å². The highest BCUT2D eigenvalue weighted by molar-refractivity contribution is 7.85. The molecule has 0 saturated carbocycles. The summed E-state index contributed by atoms with van der Waals surface area (Å²) in [5.41, 5.74) is 10.2. The number of nitrogens with two attached hydrogens (primary N) is 1. The molecule has 15 nitrogen and oxygen atoms in total. The number of benzene rings is 2. The summed E-state index contributed by atoms with van der Waals surface area (Å²) in [6.07, 6.45) is 6.15. The molecule has 1 amide bonds. The standard InChI is InChI=1S/C24H31ClN6O2S.C21H27ClN6OS/c1-2-21(32)26-16-19-4-3-10-31(19)23-22-20(9-15-34(22)33)27-24(28-23)30-13-11-29(12-14-30)18-7-5-17(25)6-8-18;22-15-3-5-16(6-4-15)26-9-11-27(12-10-26)21-24-18-7-13-30(29)19(18)20(25-21)28-8-1-2-17(28)14-23/h5-8,19H,2-4,9-16H2,1H3,(H,26,32);3-6,17H,1-2,7-14,23H2/t19-,34?;17-,30?/m00/s1. The van der Waals surface area contributed by atoms with Crippen molar-refractivity contribution in [2.45, 2.75) is 73.7 Å². The van der Waals surface area contributed by atoms with Crippen molar-refractivity contribution in [3.63, 3.8) is 0 Å². The molecular weight excluding hydrogens is 892 g/mol. The lowest BCUT2D eigenvalue weighted by Gasteiger charge is -2.37. The number of aryl methyl sites for hydroxylation is 2. The molecule has 10 rings (SSSR count). The highest BCUT2D eigenvalue weighted by Gasteiger charge is 2.36. The Morgan fingerprint density at radius 1 is 0.641 bits per heavy atom. The number of rotatable bonds is 10. The minimum atomic E-state index is -1.07. The number of carbonyl (C=O) groups excluding carboxylic acids is 1. The second kappa shape index (κ2) is 20.1. The monoisotopic (exact) mass is 948 g/mol. The van der Waals surface area contributed by atoms with Crippen LogP contribution < -0.4 is 40.4 Å². The third kappa shape index (κ3) is 9.65. The van der Waals surface area contributed by atoms with Crippen molar-refractivity contribution in [3.8, 4) is 0 Å². The van der Waals surface area contributed by atoms with Crippen molar-refractivity contribution >= 4 is 85.6 Å². The van der Waals surface area contributed by atoms with E-state index in [9.17, 15) is 13.2 Å². The van der Waals surface area contributed by atoms with E-state index >= 15 is 0 Å². The lowest BCUT2D eigenvalue weighted by Crippen LogP contribution is -2.47. The number of anilines is 6. The minimum Gasteiger partial charge on any atom is -0.368 e. The van der Waals surface area contributed by atoms with Crippen LogP contribution in [0.2, 0.25) is 10.0 Å². The molecule has 6 aliphatic heterocycles. The molecule has 0 radical (unpaired) electrons. The summed E-state index contributed by atoms with van der Waals surface area (Å²) in [7, 11) is -2.09. The second-order valence-electron chi connectivity index (χ2n) is 17.1. The number of piperazine rings is 2. The fraction of sp³-hybridized carbons (Fsp3) is 0.533. The highest BCUT2D eigenvalue weighted by atomic mass is 35.5. The summed E-state index contributed by atoms with van der Waals surface area (Å²) in [6.45, 7) is 11.7. The van der Waals surface area contributed by atoms with Gasteiger partial charge in [-0.25, -0.2) is 9.97 Å². The minimum absolute atomic E-state index is 0.0580. The number of nitrogens with zero attached hydrogens (tertiary/aromatic N) is 10. The molecule has 0 aliphatic carbocycles. The van der Waals surface area contributed by atoms with Gasteiger partial charge in [0, 0.05) is 143 Å². The van der Waals surface area contributed by atoms with Crippen molar-refractivity contribution in [1.29, 1.82) is 0 Å². The van der Waals surface area contributed by atoms with Crippen LogP contribution in [0, 0.1) is 0 Å². The maximum atomic E-state index is 12.9. The summed E-state index contributed by atoms with van der Waals surface area (Å²) in [4.78, 5) is 46.9. The summed E-state index contributed by atoms with van der Waals surface area (Å²) in [6, 6.07) is 16.4. The predicted octanol–water partition coefficient (Wildman–Crippen LogP) is 4.66. The smallest absolute Gasteiger partial charge is 0.227 e. The third-order valence-corrected chi connectivity index (χ3v) is 16.7. The van der Waals surface area contributed by atoms with E-state index in [4.69, 9.17) is 48.9 Å². The Hall–Kier alpha value is -4.29. The molecule has 0 spiro atoms. The zero-order chi connectivity index (χ0) is 44.3. The SMILES string of the molecule is CCC(=O)NC[C@@H]1CCCN1c1nc(N2CCN(c3ccc(Cl)cc3)CC2)nc2c1S(=O)CC2.NC[C@@H]1CCCN1c1nc(N2CCN(c3ccc(Cl)cc3)CC2)nc2c1S(=O)CC2. The molecule has 6 aliphatic rings. The Morgan fingerprint density at radius 3 is 1.50 bits per heavy atom. The lowest BCUT2D eigenvalue weighted by molar-refractivity contribution is -0.120. The summed E-state index contributed by atoms with van der Waals surface area (Å²) < 4.78 is 25.6. The van der Waals surface area contributed by atoms with E-state index in [0.717, 1.165) is 159 Å². The van der Waals surface area contributed by atoms with Crippen LogP contribution in [0.25, 0.3) is 0 Å². The topological polar surface area (TPSA) is 160 Å². The zero-order valence-corrected chi connectivity index (χ0v) is 39.6. The Morgan fingerprint density at radius 2 is 1.06 bits per heavy atom. The fourth-order valence-electron chi connectivity index (χ4n) is 9.68. The molecular formula is C45H58Cl2N12O3S2. The van der Waals surface area contributed by atoms with Crippen molar-refractivity contribution in [2.24, 2.45) is 5.73 Å². The molecule has 19 heteroatoms. The summed E-state index contributed by atoms with van der Waals surface area (Å²) >= 11 is 12.1. The van der Waals surface area contributed by atoms with Gasteiger partial charge in [-0.15, -0.1) is 0 Å². The van der Waals surface area contributed by atoms with E-state index in [0.29, 0.717) is 31.0 Å². The van der Waals surface area contributed by atoms with Crippen molar-refractivity contribution in [2.75, 3.05) is 119 Å². The zero-order valence-electron chi connectivity index (χ0n) is 36.5. The van der Waals surface area contributed by atoms with Crippen LogP contribution in [-0.2, 0) is 39.2 Å². The first-order valence-electron chi connectivity index (χ1n) is 22.8. The first-order valence-corrected chi connectivity index (χ1v) is 26.2. The largest absolute Gasteiger partial charge is 0.368 e. The number of amides is 1. The number of fused-ring (bicyclic) bond motifs is 2. The van der Waals surface area contributed by atoms with Crippen LogP contribution in [0.3, 0.4) is 0 Å². The molecule has 342 valence electrons. The molecule has 4 saturated heterocycles. The fourth-order valence-corrected chi connectivity index (χ4v) is 12.7. The van der Waals surface area contributed by atoms with Gasteiger partial charge in [0.05, 0.1) is 33.0 Å². The van der Waals surface area contributed by atoms with Gasteiger partial charge in [-0.3, -0.25) is 13.2 Å². The average molecular weight is 950 g/mol. The highest BCUT2D eigenvalue weighted by Crippen LogP contribution is 2.38. The molecule has 2 aromatic carbocycles. The predicted molar refractivity (Wildman–Crippen MR) is 259 cm³/mol. The van der Waals surface area contributed by atoms with Crippen molar-refractivity contribution < 1.29 is 13.2 Å². The molecule has 4 aromatic rings. The number of aromatic nitrogens is 4. The van der Waals surface area contributed by atoms with Crippen LogP contribution in [-0.4, -0.2) is 136 Å². The maximum absolute atomic E-state index is 12.9. The van der Waals surface area contributed by atoms with E-state index in [1.165, 1.54) is 11.4 Å². The molecule has 8 heterocycles. The average Bonchev–Trinajstić information content (AvgIpc) is 4.16. The number of halogens is 2. The first kappa shape index (κ1) is 44.9. The van der Waals surface area contributed by atoms with Crippen LogP contribution in [0.1, 0.15) is 50.4 Å². The van der Waals surface area contributed by atoms with Gasteiger partial charge in [-0.2, -0.15) is 9.97 Å². The second-order valence-corrected chi connectivity index (χ2v) is 21.0. The number of hydrogen-bond donors (Lipinski definition) is 2. The van der Waals surface area contributed by atoms with Gasteiger partial charge in [-0.1, -0.05) is 30.1 Å². The normalized spacial score (nSPS) is 23.0. The van der Waals surface area contributed by atoms with E-state index in [1.807, 2.05) is 31.2 Å². The van der Waals surface area contributed by atoms with E-state index < -0.39 is 21.6 Å². The quantitative estimate of drug-likeness (QED) is 0.226. The van der Waals surface area contributed by atoms with Gasteiger partial charge in [0.25, 0.3) is 0 Å². The van der Waals surface area contributed by atoms with E-state index in [-0.39, 0.29) is 18.0 Å². The molecule has 2 unspecified atom stereocenters. The number of carbonyl (C=O) groups is 1. The van der Waals surface area contributed by atoms with E-state index in [1.54, 1.807) is 0 Å². The third-order valence-electron chi connectivity index (χ3n) is 13.3. The van der Waals surface area contributed by atoms with Gasteiger partial charge in [0.2, 0.25) is 17.8 Å². The van der Waals surface area contributed by atoms with Crippen molar-refractivity contribution in [1.82, 2.24) is 25.3 Å². The molecule has 3 N–H and O–H groups in total. The Kier molecular flexibility index (Phi) is 14.1. The summed E-state index contributed by atoms with van der Waals surface area (Å²) in [5, 5.41) is 4.53. The maximum Gasteiger partial charge on any atom is 0.227 e. The molecule has 2 aromatic heterocycles. The van der Waals surface area contributed by atoms with Crippen LogP contribution in [0.5, 0.6) is 0 Å². The van der Waals surface area contributed by atoms with Gasteiger partial charge in [-0.05, 0) is 74.2 Å². The number of hydrogen-bond acceptors (Lipinski definition) is 14. The molecule has 4 atom stereocenters. The van der Waals surface area contributed by atoms with Crippen LogP contribution in [0.4, 0.5) is 34.9 Å². The van der Waals surface area contributed by atoms with Crippen LogP contribution in [0.15, 0.2) is 58.3 Å². The van der Waals surface area contributed by atoms with Crippen molar-refractivity contribution in [3.05, 3.63) is 70.0 Å². The first-order chi connectivity index (χ1) is 31.2. The lowest BCUT2D eigenvalue weighted by atomic mass is 10.2. The van der Waals surface area contributed by atoms with Gasteiger partial charge < -0.3 is 40.4 Å². The van der Waals surface area contributed by atoms with Gasteiger partial charge in [0.15, 0.2) is 11.6 Å². The molecule has 64 heavy (non-hydrogen) atoms. The molecule has 0 bridgehead atoms. The number of nitrogens with one attached hydrogen (secondary N) is 1. The van der Waals surface area contributed by atoms with Gasteiger partial charge >= 0.3 is 0 Å². The Labute approximate surface area is 391 Å². The van der Waals surface area contributed by atoms with E-state index in [2.05, 4.69) is 59.0 Å². The Balaban J connectivity index is 0.000000163. The summed E-state index contributed by atoms with van der Waals surface area (Å²) in [5.74, 6) is 4.47. The van der Waals surface area contributed by atoms with Gasteiger partial charge in [0.1, 0.15) is 9.79 Å².